The maximum Gasteiger partial charge on any atom is 0.360 e. The molecule has 0 spiro atoms. The molecule has 0 aromatic carbocycles. The number of ether oxygens (including phenoxy) is 1. The lowest BCUT2D eigenvalue weighted by Gasteiger charge is -1.97. The summed E-state index contributed by atoms with van der Waals surface area (Å²) in [5, 5.41) is 7.96. The van der Waals surface area contributed by atoms with Gasteiger partial charge in [0.1, 0.15) is 0 Å². The maximum atomic E-state index is 11.2. The summed E-state index contributed by atoms with van der Waals surface area (Å²) in [7, 11) is 0. The van der Waals surface area contributed by atoms with E-state index in [1.807, 2.05) is 0 Å². The molecule has 0 aliphatic rings. The summed E-state index contributed by atoms with van der Waals surface area (Å²) in [5.41, 5.74) is 0.281. The fourth-order valence-corrected chi connectivity index (χ4v) is 1.00. The molecule has 0 N–H and O–H groups in total. The number of hydrogen-bond donors (Lipinski definition) is 0. The zero-order valence-corrected chi connectivity index (χ0v) is 8.56. The second-order valence-corrected chi connectivity index (χ2v) is 2.90. The first-order valence-corrected chi connectivity index (χ1v) is 4.85. The van der Waals surface area contributed by atoms with Crippen LogP contribution in [-0.4, -0.2) is 27.6 Å². The molecule has 0 fully saturated rings. The predicted octanol–water partition coefficient (Wildman–Crippen LogP) is 1.25. The molecule has 1 aromatic heterocycles. The standard InChI is InChI=1S/C9H15N3O2/c1-3-5-6-12-10-7-8(11-12)9(13)14-4-2/h7H,3-6H2,1-2H3. The molecule has 0 amide bonds. The molecule has 0 unspecified atom stereocenters. The number of carbonyl (C=O) groups is 1. The van der Waals surface area contributed by atoms with E-state index in [1.54, 1.807) is 6.92 Å². The van der Waals surface area contributed by atoms with Crippen LogP contribution < -0.4 is 0 Å². The minimum atomic E-state index is -0.407. The van der Waals surface area contributed by atoms with Gasteiger partial charge in [-0.3, -0.25) is 0 Å². The second kappa shape index (κ2) is 5.36. The van der Waals surface area contributed by atoms with Crippen molar-refractivity contribution in [3.63, 3.8) is 0 Å². The van der Waals surface area contributed by atoms with E-state index in [2.05, 4.69) is 17.1 Å². The Labute approximate surface area is 83.1 Å². The summed E-state index contributed by atoms with van der Waals surface area (Å²) < 4.78 is 4.79. The highest BCUT2D eigenvalue weighted by Gasteiger charge is 2.10. The Morgan fingerprint density at radius 3 is 3.00 bits per heavy atom. The van der Waals surface area contributed by atoms with Crippen LogP contribution in [0.4, 0.5) is 0 Å². The Bertz CT molecular complexity index is 296. The van der Waals surface area contributed by atoms with Gasteiger partial charge in [0, 0.05) is 0 Å². The van der Waals surface area contributed by atoms with Gasteiger partial charge >= 0.3 is 5.97 Å². The van der Waals surface area contributed by atoms with Crippen LogP contribution in [0, 0.1) is 0 Å². The van der Waals surface area contributed by atoms with Crippen molar-refractivity contribution in [2.24, 2.45) is 0 Å². The fourth-order valence-electron chi connectivity index (χ4n) is 1.00. The Hall–Kier alpha value is -1.39. The Balaban J connectivity index is 2.54. The van der Waals surface area contributed by atoms with Crippen LogP contribution in [0.3, 0.4) is 0 Å². The number of carbonyl (C=O) groups excluding carboxylic acids is 1. The first-order valence-electron chi connectivity index (χ1n) is 4.85. The summed E-state index contributed by atoms with van der Waals surface area (Å²) in [4.78, 5) is 12.7. The summed E-state index contributed by atoms with van der Waals surface area (Å²) >= 11 is 0. The molecule has 14 heavy (non-hydrogen) atoms. The Morgan fingerprint density at radius 1 is 1.57 bits per heavy atom. The highest BCUT2D eigenvalue weighted by Crippen LogP contribution is 1.97. The van der Waals surface area contributed by atoms with Crippen molar-refractivity contribution >= 4 is 5.97 Å². The molecular formula is C9H15N3O2. The topological polar surface area (TPSA) is 57.0 Å². The minimum Gasteiger partial charge on any atom is -0.461 e. The van der Waals surface area contributed by atoms with Crippen LogP contribution >= 0.6 is 0 Å². The maximum absolute atomic E-state index is 11.2. The van der Waals surface area contributed by atoms with E-state index in [9.17, 15) is 4.79 Å². The van der Waals surface area contributed by atoms with Crippen molar-refractivity contribution in [1.82, 2.24) is 15.0 Å². The van der Waals surface area contributed by atoms with E-state index in [-0.39, 0.29) is 5.69 Å². The fraction of sp³-hybridized carbons (Fsp3) is 0.667. The lowest BCUT2D eigenvalue weighted by Crippen LogP contribution is -2.07. The van der Waals surface area contributed by atoms with Gasteiger partial charge in [-0.15, -0.1) is 5.10 Å². The van der Waals surface area contributed by atoms with Gasteiger partial charge < -0.3 is 4.74 Å². The zero-order chi connectivity index (χ0) is 10.4. The first kappa shape index (κ1) is 10.7. The van der Waals surface area contributed by atoms with Crippen LogP contribution in [0.15, 0.2) is 6.20 Å². The smallest absolute Gasteiger partial charge is 0.360 e. The van der Waals surface area contributed by atoms with Crippen molar-refractivity contribution in [2.45, 2.75) is 33.2 Å². The highest BCUT2D eigenvalue weighted by atomic mass is 16.5. The van der Waals surface area contributed by atoms with E-state index < -0.39 is 5.97 Å². The van der Waals surface area contributed by atoms with Crippen molar-refractivity contribution in [3.05, 3.63) is 11.9 Å². The molecule has 0 saturated carbocycles. The summed E-state index contributed by atoms with van der Waals surface area (Å²) in [6.45, 7) is 4.96. The van der Waals surface area contributed by atoms with Gasteiger partial charge in [-0.25, -0.2) is 4.79 Å². The van der Waals surface area contributed by atoms with Crippen molar-refractivity contribution in [1.29, 1.82) is 0 Å². The van der Waals surface area contributed by atoms with Crippen LogP contribution in [-0.2, 0) is 11.3 Å². The van der Waals surface area contributed by atoms with Crippen LogP contribution in [0.5, 0.6) is 0 Å². The normalized spacial score (nSPS) is 10.1. The second-order valence-electron chi connectivity index (χ2n) is 2.90. The van der Waals surface area contributed by atoms with E-state index in [0.29, 0.717) is 6.61 Å². The third-order valence-corrected chi connectivity index (χ3v) is 1.73. The number of unbranched alkanes of at least 4 members (excludes halogenated alkanes) is 1. The quantitative estimate of drug-likeness (QED) is 0.667. The molecule has 5 nitrogen and oxygen atoms in total. The van der Waals surface area contributed by atoms with Crippen LogP contribution in [0.25, 0.3) is 0 Å². The number of rotatable bonds is 5. The summed E-state index contributed by atoms with van der Waals surface area (Å²) in [5.74, 6) is -0.407. The lowest BCUT2D eigenvalue weighted by atomic mass is 10.3. The predicted molar refractivity (Wildman–Crippen MR) is 50.9 cm³/mol. The van der Waals surface area contributed by atoms with Crippen molar-refractivity contribution in [3.8, 4) is 0 Å². The first-order chi connectivity index (χ1) is 6.77. The van der Waals surface area contributed by atoms with Crippen LogP contribution in [0.2, 0.25) is 0 Å². The van der Waals surface area contributed by atoms with Gasteiger partial charge in [0.05, 0.1) is 19.3 Å². The summed E-state index contributed by atoms with van der Waals surface area (Å²) in [6, 6.07) is 0. The van der Waals surface area contributed by atoms with Gasteiger partial charge in [0.15, 0.2) is 5.69 Å². The molecule has 1 aromatic rings. The molecule has 0 radical (unpaired) electrons. The Kier molecular flexibility index (Phi) is 4.10. The average molecular weight is 197 g/mol. The largest absolute Gasteiger partial charge is 0.461 e. The number of aromatic nitrogens is 3. The van der Waals surface area contributed by atoms with Gasteiger partial charge in [-0.2, -0.15) is 9.90 Å². The highest BCUT2D eigenvalue weighted by molar-refractivity contribution is 5.86. The summed E-state index contributed by atoms with van der Waals surface area (Å²) in [6.07, 6.45) is 3.53. The molecule has 0 atom stereocenters. The van der Waals surface area contributed by atoms with Crippen molar-refractivity contribution < 1.29 is 9.53 Å². The molecular weight excluding hydrogens is 182 g/mol. The molecule has 1 rings (SSSR count). The molecule has 1 heterocycles. The van der Waals surface area contributed by atoms with Gasteiger partial charge in [0.2, 0.25) is 0 Å². The zero-order valence-electron chi connectivity index (χ0n) is 8.56. The molecule has 0 aliphatic heterocycles. The number of nitrogens with zero attached hydrogens (tertiary/aromatic N) is 3. The monoisotopic (exact) mass is 197 g/mol. The lowest BCUT2D eigenvalue weighted by molar-refractivity contribution is 0.0518. The van der Waals surface area contributed by atoms with Crippen molar-refractivity contribution in [2.75, 3.05) is 6.61 Å². The van der Waals surface area contributed by atoms with Gasteiger partial charge in [-0.1, -0.05) is 13.3 Å². The third kappa shape index (κ3) is 2.83. The van der Waals surface area contributed by atoms with Gasteiger partial charge in [0.25, 0.3) is 0 Å². The number of esters is 1. The number of hydrogen-bond acceptors (Lipinski definition) is 4. The SMILES string of the molecule is CCCCn1ncc(C(=O)OCC)n1. The van der Waals surface area contributed by atoms with Gasteiger partial charge in [-0.05, 0) is 13.3 Å². The minimum absolute atomic E-state index is 0.281. The molecule has 0 bridgehead atoms. The van der Waals surface area contributed by atoms with Crippen LogP contribution in [0.1, 0.15) is 37.2 Å². The number of aryl methyl sites for hydroxylation is 1. The third-order valence-electron chi connectivity index (χ3n) is 1.73. The molecule has 78 valence electrons. The van der Waals surface area contributed by atoms with E-state index >= 15 is 0 Å². The van der Waals surface area contributed by atoms with E-state index in [1.165, 1.54) is 11.0 Å². The average Bonchev–Trinajstić information content (AvgIpc) is 2.63. The van der Waals surface area contributed by atoms with E-state index in [0.717, 1.165) is 19.4 Å². The Morgan fingerprint density at radius 2 is 2.36 bits per heavy atom. The molecule has 5 heteroatoms. The molecule has 0 aliphatic carbocycles. The molecule has 0 saturated heterocycles. The van der Waals surface area contributed by atoms with E-state index in [4.69, 9.17) is 4.74 Å².